The number of urea groups is 1. The number of carbonyl (C=O) groups is 1. The summed E-state index contributed by atoms with van der Waals surface area (Å²) in [6.07, 6.45) is 6.16. The summed E-state index contributed by atoms with van der Waals surface area (Å²) in [6.45, 7) is 7.50. The lowest BCUT2D eigenvalue weighted by Gasteiger charge is -2.34. The van der Waals surface area contributed by atoms with Crippen LogP contribution in [0.15, 0.2) is 24.7 Å². The highest BCUT2D eigenvalue weighted by molar-refractivity contribution is 6.02. The Balaban J connectivity index is 1.40. The molecule has 162 valence electrons. The first kappa shape index (κ1) is 19.6. The van der Waals surface area contributed by atoms with Crippen molar-refractivity contribution in [3.63, 3.8) is 0 Å². The molecule has 0 radical (unpaired) electrons. The van der Waals surface area contributed by atoms with Gasteiger partial charge >= 0.3 is 6.03 Å². The summed E-state index contributed by atoms with van der Waals surface area (Å²) < 4.78 is 7.16. The fraction of sp³-hybridized carbons (Fsp3) is 0.429. The van der Waals surface area contributed by atoms with Crippen LogP contribution in [0.3, 0.4) is 0 Å². The Morgan fingerprint density at radius 1 is 1.29 bits per heavy atom. The van der Waals surface area contributed by atoms with E-state index in [1.165, 1.54) is 12.8 Å². The number of methoxy groups -OCH3 is 1. The van der Waals surface area contributed by atoms with Gasteiger partial charge in [-0.3, -0.25) is 14.6 Å². The van der Waals surface area contributed by atoms with E-state index >= 15 is 0 Å². The van der Waals surface area contributed by atoms with Gasteiger partial charge in [-0.1, -0.05) is 0 Å². The van der Waals surface area contributed by atoms with E-state index in [-0.39, 0.29) is 6.03 Å². The third-order valence-electron chi connectivity index (χ3n) is 5.76. The lowest BCUT2D eigenvalue weighted by molar-refractivity contribution is 0.257. The van der Waals surface area contributed by atoms with Crippen LogP contribution in [0.25, 0.3) is 5.65 Å². The number of piperazine rings is 1. The monoisotopic (exact) mass is 422 g/mol. The Kier molecular flexibility index (Phi) is 4.85. The fourth-order valence-corrected chi connectivity index (χ4v) is 4.39. The molecule has 3 aromatic rings. The number of hydrogen-bond acceptors (Lipinski definition) is 7. The van der Waals surface area contributed by atoms with Gasteiger partial charge in [-0.2, -0.15) is 4.98 Å². The van der Waals surface area contributed by atoms with Crippen LogP contribution in [0.4, 0.5) is 22.1 Å². The molecule has 0 saturated carbocycles. The molecule has 5 rings (SSSR count). The number of fused-ring (bicyclic) bond motifs is 2. The maximum Gasteiger partial charge on any atom is 0.328 e. The number of rotatable bonds is 3. The molecule has 5 heterocycles. The molecule has 2 amide bonds. The highest BCUT2D eigenvalue weighted by Crippen LogP contribution is 2.34. The summed E-state index contributed by atoms with van der Waals surface area (Å²) in [4.78, 5) is 30.5. The zero-order valence-electron chi connectivity index (χ0n) is 17.9. The van der Waals surface area contributed by atoms with Crippen LogP contribution in [0, 0.1) is 6.92 Å². The second kappa shape index (κ2) is 7.69. The van der Waals surface area contributed by atoms with Crippen LogP contribution in [0.5, 0.6) is 5.88 Å². The number of imidazole rings is 1. The van der Waals surface area contributed by atoms with Gasteiger partial charge in [0.1, 0.15) is 5.82 Å². The van der Waals surface area contributed by atoms with E-state index in [4.69, 9.17) is 4.74 Å². The van der Waals surface area contributed by atoms with Crippen molar-refractivity contribution in [3.8, 4) is 5.88 Å². The summed E-state index contributed by atoms with van der Waals surface area (Å²) in [5.74, 6) is 1.47. The fourth-order valence-electron chi connectivity index (χ4n) is 4.39. The Morgan fingerprint density at radius 2 is 2.16 bits per heavy atom. The molecule has 31 heavy (non-hydrogen) atoms. The van der Waals surface area contributed by atoms with Crippen LogP contribution >= 0.6 is 0 Å². The third kappa shape index (κ3) is 3.52. The summed E-state index contributed by atoms with van der Waals surface area (Å²) in [5, 5.41) is 6.36. The molecule has 2 aliphatic heterocycles. The summed E-state index contributed by atoms with van der Waals surface area (Å²) in [6, 6.07) is 2.23. The zero-order chi connectivity index (χ0) is 21.5. The number of ether oxygens (including phenoxy) is 1. The lowest BCUT2D eigenvalue weighted by atomic mass is 10.1. The second-order valence-corrected chi connectivity index (χ2v) is 8.01. The van der Waals surface area contributed by atoms with E-state index in [1.54, 1.807) is 21.7 Å². The quantitative estimate of drug-likeness (QED) is 0.664. The van der Waals surface area contributed by atoms with Crippen LogP contribution < -0.4 is 25.2 Å². The normalized spacial score (nSPS) is 18.4. The topological polar surface area (TPSA) is 99.9 Å². The van der Waals surface area contributed by atoms with Crippen molar-refractivity contribution in [1.82, 2.24) is 24.7 Å². The van der Waals surface area contributed by atoms with Gasteiger partial charge in [-0.15, -0.1) is 0 Å². The minimum atomic E-state index is -0.261. The molecule has 10 nitrogen and oxygen atoms in total. The van der Waals surface area contributed by atoms with E-state index in [9.17, 15) is 4.79 Å². The maximum atomic E-state index is 13.1. The largest absolute Gasteiger partial charge is 0.478 e. The molecule has 10 heteroatoms. The van der Waals surface area contributed by atoms with Gasteiger partial charge in [0.05, 0.1) is 19.0 Å². The first-order valence-electron chi connectivity index (χ1n) is 10.5. The van der Waals surface area contributed by atoms with Gasteiger partial charge in [0.2, 0.25) is 5.65 Å². The number of nitrogens with zero attached hydrogens (tertiary/aromatic N) is 6. The van der Waals surface area contributed by atoms with Crippen molar-refractivity contribution < 1.29 is 9.53 Å². The van der Waals surface area contributed by atoms with Gasteiger partial charge in [0, 0.05) is 55.9 Å². The van der Waals surface area contributed by atoms with E-state index in [0.717, 1.165) is 37.3 Å². The number of pyridine rings is 1. The SMILES string of the molecule is COc1nc(NC(=O)N2CCc3c(N4CCN[C@@H](C)C4)ccnc32)cn2cc(C)nc12. The molecule has 1 fully saturated rings. The molecule has 3 aromatic heterocycles. The van der Waals surface area contributed by atoms with Gasteiger partial charge in [-0.05, 0) is 26.3 Å². The van der Waals surface area contributed by atoms with Crippen LogP contribution in [-0.4, -0.2) is 64.7 Å². The minimum absolute atomic E-state index is 0.261. The molecule has 1 atom stereocenters. The zero-order valence-corrected chi connectivity index (χ0v) is 17.9. The highest BCUT2D eigenvalue weighted by atomic mass is 16.5. The van der Waals surface area contributed by atoms with E-state index in [0.29, 0.717) is 35.7 Å². The molecule has 0 spiro atoms. The average molecular weight is 422 g/mol. The predicted octanol–water partition coefficient (Wildman–Crippen LogP) is 1.83. The Bertz CT molecular complexity index is 1140. The molecular weight excluding hydrogens is 396 g/mol. The van der Waals surface area contributed by atoms with Crippen molar-refractivity contribution in [2.45, 2.75) is 26.3 Å². The number of aryl methyl sites for hydroxylation is 1. The minimum Gasteiger partial charge on any atom is -0.478 e. The van der Waals surface area contributed by atoms with Crippen LogP contribution in [-0.2, 0) is 6.42 Å². The number of hydrogen-bond donors (Lipinski definition) is 2. The van der Waals surface area contributed by atoms with Crippen molar-refractivity contribution >= 4 is 29.0 Å². The van der Waals surface area contributed by atoms with Gasteiger partial charge < -0.3 is 15.0 Å². The molecule has 0 aliphatic carbocycles. The summed E-state index contributed by atoms with van der Waals surface area (Å²) >= 11 is 0. The maximum absolute atomic E-state index is 13.1. The van der Waals surface area contributed by atoms with E-state index in [2.05, 4.69) is 43.5 Å². The molecule has 2 aliphatic rings. The van der Waals surface area contributed by atoms with E-state index < -0.39 is 0 Å². The Labute approximate surface area is 180 Å². The summed E-state index contributed by atoms with van der Waals surface area (Å²) in [5.41, 5.74) is 3.75. The van der Waals surface area contributed by atoms with Crippen molar-refractivity contribution in [2.24, 2.45) is 0 Å². The average Bonchev–Trinajstić information content (AvgIpc) is 3.35. The lowest BCUT2D eigenvalue weighted by Crippen LogP contribution is -2.49. The molecule has 0 unspecified atom stereocenters. The van der Waals surface area contributed by atoms with Crippen molar-refractivity contribution in [2.75, 3.05) is 48.4 Å². The molecule has 0 bridgehead atoms. The van der Waals surface area contributed by atoms with Crippen molar-refractivity contribution in [3.05, 3.63) is 35.9 Å². The molecule has 2 N–H and O–H groups in total. The molecular formula is C21H26N8O2. The van der Waals surface area contributed by atoms with Gasteiger partial charge in [0.15, 0.2) is 5.82 Å². The Hall–Kier alpha value is -3.40. The smallest absolute Gasteiger partial charge is 0.328 e. The van der Waals surface area contributed by atoms with Gasteiger partial charge in [0.25, 0.3) is 5.88 Å². The third-order valence-corrected chi connectivity index (χ3v) is 5.76. The molecule has 1 saturated heterocycles. The summed E-state index contributed by atoms with van der Waals surface area (Å²) in [7, 11) is 1.54. The molecule has 0 aromatic carbocycles. The number of nitrogens with one attached hydrogen (secondary N) is 2. The standard InChI is InChI=1S/C21H26N8O2/c1-13-10-27(9-7-22-13)16-4-6-23-18-15(16)5-8-29(18)21(30)26-17-12-28-11-14(2)24-19(28)20(25-17)31-3/h4,6,11-13,22H,5,7-10H2,1-3H3,(H,26,30)/t13-/m0/s1. The number of aromatic nitrogens is 4. The first-order valence-corrected chi connectivity index (χ1v) is 10.5. The van der Waals surface area contributed by atoms with Crippen LogP contribution in [0.1, 0.15) is 18.2 Å². The van der Waals surface area contributed by atoms with Crippen LogP contribution in [0.2, 0.25) is 0 Å². The van der Waals surface area contributed by atoms with Gasteiger partial charge in [-0.25, -0.2) is 14.8 Å². The first-order chi connectivity index (χ1) is 15.0. The number of amides is 2. The highest BCUT2D eigenvalue weighted by Gasteiger charge is 2.30. The van der Waals surface area contributed by atoms with E-state index in [1.807, 2.05) is 13.1 Å². The number of carbonyl (C=O) groups excluding carboxylic acids is 1. The predicted molar refractivity (Wildman–Crippen MR) is 118 cm³/mol. The second-order valence-electron chi connectivity index (χ2n) is 8.01. The number of anilines is 3. The Morgan fingerprint density at radius 3 is 2.97 bits per heavy atom. The van der Waals surface area contributed by atoms with Crippen molar-refractivity contribution in [1.29, 1.82) is 0 Å².